The first-order chi connectivity index (χ1) is 16.9. The van der Waals surface area contributed by atoms with E-state index < -0.39 is 17.9 Å². The van der Waals surface area contributed by atoms with E-state index >= 15 is 0 Å². The minimum Gasteiger partial charge on any atom is -0.481 e. The van der Waals surface area contributed by atoms with Crippen LogP contribution >= 0.6 is 0 Å². The van der Waals surface area contributed by atoms with E-state index in [1.165, 1.54) is 18.9 Å². The fourth-order valence-electron chi connectivity index (χ4n) is 3.77. The van der Waals surface area contributed by atoms with Crippen molar-refractivity contribution in [2.45, 2.75) is 6.42 Å². The molecule has 0 spiro atoms. The average Bonchev–Trinajstić information content (AvgIpc) is 3.29. The van der Waals surface area contributed by atoms with Crippen molar-refractivity contribution in [1.29, 1.82) is 0 Å². The van der Waals surface area contributed by atoms with E-state index in [1.807, 2.05) is 30.3 Å². The number of hydrogen-bond acceptors (Lipinski definition) is 6. The lowest BCUT2D eigenvalue weighted by atomic mass is 9.99. The van der Waals surface area contributed by atoms with E-state index in [0.717, 1.165) is 11.1 Å². The average molecular weight is 470 g/mol. The third-order valence-corrected chi connectivity index (χ3v) is 5.46. The van der Waals surface area contributed by atoms with Crippen molar-refractivity contribution >= 4 is 17.9 Å². The fourth-order valence-corrected chi connectivity index (χ4v) is 3.77. The summed E-state index contributed by atoms with van der Waals surface area (Å²) in [5, 5.41) is 13.5. The minimum absolute atomic E-state index is 0.00831. The molecule has 8 heteroatoms. The lowest BCUT2D eigenvalue weighted by Gasteiger charge is -2.07. The molecule has 0 fully saturated rings. The number of aliphatic carboxylic acids is 1. The first-order valence-corrected chi connectivity index (χ1v) is 10.7. The van der Waals surface area contributed by atoms with Gasteiger partial charge in [-0.2, -0.15) is 5.10 Å². The maximum Gasteiger partial charge on any atom is 0.357 e. The zero-order valence-corrected chi connectivity index (χ0v) is 19.1. The Labute approximate surface area is 201 Å². The van der Waals surface area contributed by atoms with E-state index in [-0.39, 0.29) is 23.4 Å². The number of ether oxygens (including phenoxy) is 2. The number of carboxylic acid groups (broad SMARTS) is 1. The van der Waals surface area contributed by atoms with Gasteiger partial charge in [0, 0.05) is 5.56 Å². The SMILES string of the molecule is COC(=O)c1c(-c2ccc(-c3ccc(CC(=O)O)cc3)cc2)nn(-c2ccccc2)c1C(=O)OC. The molecule has 0 aliphatic rings. The van der Waals surface area contributed by atoms with E-state index in [1.54, 1.807) is 48.5 Å². The molecule has 0 bridgehead atoms. The summed E-state index contributed by atoms with van der Waals surface area (Å²) in [6, 6.07) is 23.5. The van der Waals surface area contributed by atoms with Crippen molar-refractivity contribution in [3.05, 3.63) is 95.7 Å². The van der Waals surface area contributed by atoms with Crippen molar-refractivity contribution in [1.82, 2.24) is 9.78 Å². The third kappa shape index (κ3) is 4.81. The number of nitrogens with zero attached hydrogens (tertiary/aromatic N) is 2. The summed E-state index contributed by atoms with van der Waals surface area (Å²) in [7, 11) is 2.48. The van der Waals surface area contributed by atoms with Crippen LogP contribution in [0.3, 0.4) is 0 Å². The van der Waals surface area contributed by atoms with Gasteiger partial charge in [-0.05, 0) is 28.8 Å². The van der Waals surface area contributed by atoms with E-state index in [9.17, 15) is 14.4 Å². The molecule has 0 unspecified atom stereocenters. The summed E-state index contributed by atoms with van der Waals surface area (Å²) in [5.74, 6) is -2.31. The second-order valence-corrected chi connectivity index (χ2v) is 7.65. The molecule has 1 heterocycles. The van der Waals surface area contributed by atoms with Gasteiger partial charge in [0.15, 0.2) is 5.69 Å². The molecule has 0 aliphatic heterocycles. The zero-order chi connectivity index (χ0) is 24.9. The zero-order valence-electron chi connectivity index (χ0n) is 19.1. The highest BCUT2D eigenvalue weighted by atomic mass is 16.5. The Morgan fingerprint density at radius 1 is 0.771 bits per heavy atom. The monoisotopic (exact) mass is 470 g/mol. The van der Waals surface area contributed by atoms with Gasteiger partial charge in [-0.25, -0.2) is 14.3 Å². The quantitative estimate of drug-likeness (QED) is 0.399. The van der Waals surface area contributed by atoms with Crippen LogP contribution in [0.2, 0.25) is 0 Å². The third-order valence-electron chi connectivity index (χ3n) is 5.46. The number of hydrogen-bond donors (Lipinski definition) is 1. The Morgan fingerprint density at radius 3 is 1.86 bits per heavy atom. The second kappa shape index (κ2) is 10.0. The maximum absolute atomic E-state index is 12.8. The molecule has 0 saturated heterocycles. The molecule has 176 valence electrons. The van der Waals surface area contributed by atoms with Crippen LogP contribution in [-0.2, 0) is 20.7 Å². The number of carboxylic acids is 1. The van der Waals surface area contributed by atoms with Gasteiger partial charge in [0.25, 0.3) is 0 Å². The largest absolute Gasteiger partial charge is 0.481 e. The first kappa shape index (κ1) is 23.4. The number of benzene rings is 3. The van der Waals surface area contributed by atoms with Crippen molar-refractivity contribution in [2.75, 3.05) is 14.2 Å². The molecular weight excluding hydrogens is 448 g/mol. The normalized spacial score (nSPS) is 10.6. The van der Waals surface area contributed by atoms with Crippen LogP contribution in [0, 0.1) is 0 Å². The van der Waals surface area contributed by atoms with Crippen molar-refractivity contribution in [2.24, 2.45) is 0 Å². The maximum atomic E-state index is 12.8. The summed E-state index contributed by atoms with van der Waals surface area (Å²) >= 11 is 0. The van der Waals surface area contributed by atoms with E-state index in [0.29, 0.717) is 16.8 Å². The number of para-hydroxylation sites is 1. The molecule has 35 heavy (non-hydrogen) atoms. The predicted molar refractivity (Wildman–Crippen MR) is 128 cm³/mol. The lowest BCUT2D eigenvalue weighted by molar-refractivity contribution is -0.136. The second-order valence-electron chi connectivity index (χ2n) is 7.65. The van der Waals surface area contributed by atoms with Gasteiger partial charge >= 0.3 is 17.9 Å². The van der Waals surface area contributed by atoms with Crippen LogP contribution in [0.1, 0.15) is 26.4 Å². The van der Waals surface area contributed by atoms with Crippen LogP contribution < -0.4 is 0 Å². The van der Waals surface area contributed by atoms with Crippen LogP contribution in [0.5, 0.6) is 0 Å². The van der Waals surface area contributed by atoms with Gasteiger partial charge < -0.3 is 14.6 Å². The summed E-state index contributed by atoms with van der Waals surface area (Å²) in [6.45, 7) is 0. The van der Waals surface area contributed by atoms with Crippen molar-refractivity contribution < 1.29 is 29.0 Å². The highest BCUT2D eigenvalue weighted by Crippen LogP contribution is 2.31. The summed E-state index contributed by atoms with van der Waals surface area (Å²) < 4.78 is 11.3. The highest BCUT2D eigenvalue weighted by molar-refractivity contribution is 6.06. The highest BCUT2D eigenvalue weighted by Gasteiger charge is 2.31. The predicted octanol–water partition coefficient (Wildman–Crippen LogP) is 4.41. The first-order valence-electron chi connectivity index (χ1n) is 10.7. The Morgan fingerprint density at radius 2 is 1.31 bits per heavy atom. The van der Waals surface area contributed by atoms with Crippen LogP contribution in [-0.4, -0.2) is 47.0 Å². The number of rotatable bonds is 7. The Hall–Kier alpha value is -4.72. The number of esters is 2. The van der Waals surface area contributed by atoms with Gasteiger partial charge in [0.2, 0.25) is 0 Å². The summed E-state index contributed by atoms with van der Waals surface area (Å²) in [6.07, 6.45) is -0.0396. The van der Waals surface area contributed by atoms with E-state index in [2.05, 4.69) is 5.10 Å². The molecular formula is C27H22N2O6. The topological polar surface area (TPSA) is 108 Å². The minimum atomic E-state index is -0.884. The molecule has 0 atom stereocenters. The Balaban J connectivity index is 1.79. The van der Waals surface area contributed by atoms with Crippen LogP contribution in [0.15, 0.2) is 78.9 Å². The van der Waals surface area contributed by atoms with Gasteiger partial charge in [-0.1, -0.05) is 66.7 Å². The molecule has 4 rings (SSSR count). The van der Waals surface area contributed by atoms with E-state index in [4.69, 9.17) is 14.6 Å². The van der Waals surface area contributed by atoms with Crippen molar-refractivity contribution in [3.63, 3.8) is 0 Å². The molecule has 0 radical (unpaired) electrons. The molecule has 1 N–H and O–H groups in total. The van der Waals surface area contributed by atoms with Gasteiger partial charge in [-0.3, -0.25) is 4.79 Å². The van der Waals surface area contributed by atoms with Gasteiger partial charge in [-0.15, -0.1) is 0 Å². The van der Waals surface area contributed by atoms with Crippen LogP contribution in [0.4, 0.5) is 0 Å². The number of methoxy groups -OCH3 is 2. The fraction of sp³-hybridized carbons (Fsp3) is 0.111. The smallest absolute Gasteiger partial charge is 0.357 e. The van der Waals surface area contributed by atoms with Gasteiger partial charge in [0.05, 0.1) is 26.3 Å². The lowest BCUT2D eigenvalue weighted by Crippen LogP contribution is -2.15. The standard InChI is InChI=1S/C27H22N2O6/c1-34-26(32)23-24(28-29(25(23)27(33)35-2)21-6-4-3-5-7-21)20-14-12-19(13-15-20)18-10-8-17(9-11-18)16-22(30)31/h3-15H,16H2,1-2H3,(H,30,31). The number of carbonyl (C=O) groups is 3. The molecule has 4 aromatic rings. The van der Waals surface area contributed by atoms with Crippen molar-refractivity contribution in [3.8, 4) is 28.1 Å². The molecule has 0 amide bonds. The number of carbonyl (C=O) groups excluding carboxylic acids is 2. The summed E-state index contributed by atoms with van der Waals surface area (Å²) in [5.41, 5.74) is 3.97. The molecule has 0 aliphatic carbocycles. The van der Waals surface area contributed by atoms with Gasteiger partial charge in [0.1, 0.15) is 11.3 Å². The summed E-state index contributed by atoms with van der Waals surface area (Å²) in [4.78, 5) is 36.4. The number of aromatic nitrogens is 2. The molecule has 1 aromatic heterocycles. The molecule has 0 saturated carbocycles. The Bertz CT molecular complexity index is 1370. The molecule has 8 nitrogen and oxygen atoms in total. The molecule has 3 aromatic carbocycles. The Kier molecular flexibility index (Phi) is 6.73. The van der Waals surface area contributed by atoms with Crippen LogP contribution in [0.25, 0.3) is 28.1 Å².